The van der Waals surface area contributed by atoms with Crippen molar-refractivity contribution in [2.24, 2.45) is 0 Å². The van der Waals surface area contributed by atoms with Crippen molar-refractivity contribution < 1.29 is 28.9 Å². The normalized spacial score (nSPS) is 16.9. The topological polar surface area (TPSA) is 94.1 Å². The van der Waals surface area contributed by atoms with Gasteiger partial charge < -0.3 is 24.6 Å². The van der Waals surface area contributed by atoms with Crippen LogP contribution in [0.5, 0.6) is 11.5 Å². The molecule has 0 aliphatic carbocycles. The number of carbonyl (C=O) groups excluding carboxylic acids is 1. The van der Waals surface area contributed by atoms with Crippen LogP contribution in [0.2, 0.25) is 0 Å². The SMILES string of the molecule is CCOC(=O)C1=C(C)NC(C)=C(C(=O)O)C1c1cccc(OC)c1OC. The van der Waals surface area contributed by atoms with Gasteiger partial charge in [0.05, 0.1) is 37.9 Å². The van der Waals surface area contributed by atoms with E-state index < -0.39 is 17.9 Å². The number of hydrogen-bond acceptors (Lipinski definition) is 6. The van der Waals surface area contributed by atoms with Gasteiger partial charge in [-0.15, -0.1) is 0 Å². The van der Waals surface area contributed by atoms with Crippen molar-refractivity contribution in [1.82, 2.24) is 5.32 Å². The van der Waals surface area contributed by atoms with Crippen molar-refractivity contribution in [2.45, 2.75) is 26.7 Å². The Hall–Kier alpha value is -2.96. The van der Waals surface area contributed by atoms with Crippen LogP contribution in [0.1, 0.15) is 32.3 Å². The zero-order chi connectivity index (χ0) is 19.4. The van der Waals surface area contributed by atoms with Crippen LogP contribution in [0.15, 0.2) is 40.7 Å². The van der Waals surface area contributed by atoms with Crippen LogP contribution < -0.4 is 14.8 Å². The Bertz CT molecular complexity index is 793. The first kappa shape index (κ1) is 19.4. The van der Waals surface area contributed by atoms with Gasteiger partial charge in [-0.25, -0.2) is 9.59 Å². The number of carboxylic acids is 1. The van der Waals surface area contributed by atoms with Gasteiger partial charge in [0.1, 0.15) is 0 Å². The highest BCUT2D eigenvalue weighted by atomic mass is 16.5. The fraction of sp³-hybridized carbons (Fsp3) is 0.368. The molecule has 0 radical (unpaired) electrons. The molecular formula is C19H23NO6. The zero-order valence-electron chi connectivity index (χ0n) is 15.5. The molecule has 1 aromatic carbocycles. The monoisotopic (exact) mass is 361 g/mol. The highest BCUT2D eigenvalue weighted by molar-refractivity contribution is 5.99. The van der Waals surface area contributed by atoms with Crippen molar-refractivity contribution in [1.29, 1.82) is 0 Å². The molecule has 7 nitrogen and oxygen atoms in total. The summed E-state index contributed by atoms with van der Waals surface area (Å²) < 4.78 is 16.0. The number of dihydropyridines is 1. The molecule has 2 rings (SSSR count). The molecule has 1 aromatic rings. The average molecular weight is 361 g/mol. The number of aliphatic carboxylic acids is 1. The Morgan fingerprint density at radius 2 is 1.77 bits per heavy atom. The van der Waals surface area contributed by atoms with Crippen LogP contribution in [0, 0.1) is 0 Å². The lowest BCUT2D eigenvalue weighted by atomic mass is 9.80. The van der Waals surface area contributed by atoms with Gasteiger partial charge in [-0.2, -0.15) is 0 Å². The van der Waals surface area contributed by atoms with E-state index in [0.29, 0.717) is 28.5 Å². The van der Waals surface area contributed by atoms with Gasteiger partial charge in [-0.1, -0.05) is 12.1 Å². The summed E-state index contributed by atoms with van der Waals surface area (Å²) in [6, 6.07) is 5.16. The van der Waals surface area contributed by atoms with Gasteiger partial charge in [0.25, 0.3) is 0 Å². The summed E-state index contributed by atoms with van der Waals surface area (Å²) in [6.45, 7) is 5.26. The number of carbonyl (C=O) groups is 2. The first-order chi connectivity index (χ1) is 12.4. The molecule has 0 bridgehead atoms. The molecule has 1 heterocycles. The number of benzene rings is 1. The van der Waals surface area contributed by atoms with Crippen LogP contribution in [0.25, 0.3) is 0 Å². The summed E-state index contributed by atoms with van der Waals surface area (Å²) in [6.07, 6.45) is 0. The van der Waals surface area contributed by atoms with Crippen molar-refractivity contribution in [3.8, 4) is 11.5 Å². The van der Waals surface area contributed by atoms with E-state index in [-0.39, 0.29) is 17.8 Å². The second-order valence-electron chi connectivity index (χ2n) is 5.74. The van der Waals surface area contributed by atoms with Crippen LogP contribution in [0.4, 0.5) is 0 Å². The van der Waals surface area contributed by atoms with Gasteiger partial charge in [-0.3, -0.25) is 0 Å². The van der Waals surface area contributed by atoms with Crippen molar-refractivity contribution in [3.63, 3.8) is 0 Å². The highest BCUT2D eigenvalue weighted by Crippen LogP contribution is 2.45. The van der Waals surface area contributed by atoms with E-state index in [0.717, 1.165) is 0 Å². The Balaban J connectivity index is 2.78. The van der Waals surface area contributed by atoms with Crippen molar-refractivity contribution in [2.75, 3.05) is 20.8 Å². The lowest BCUT2D eigenvalue weighted by molar-refractivity contribution is -0.138. The van der Waals surface area contributed by atoms with Gasteiger partial charge in [0.15, 0.2) is 11.5 Å². The number of nitrogens with one attached hydrogen (secondary N) is 1. The second kappa shape index (κ2) is 7.95. The predicted octanol–water partition coefficient (Wildman–Crippen LogP) is 2.59. The minimum absolute atomic E-state index is 0.0604. The van der Waals surface area contributed by atoms with E-state index >= 15 is 0 Å². The molecule has 0 aromatic heterocycles. The molecule has 0 saturated heterocycles. The molecule has 0 amide bonds. The van der Waals surface area contributed by atoms with Gasteiger partial charge in [0, 0.05) is 17.0 Å². The summed E-state index contributed by atoms with van der Waals surface area (Å²) in [5.74, 6) is -1.72. The molecule has 0 saturated carbocycles. The Kier molecular flexibility index (Phi) is 5.92. The number of rotatable bonds is 6. The highest BCUT2D eigenvalue weighted by Gasteiger charge is 2.39. The molecular weight excluding hydrogens is 338 g/mol. The van der Waals surface area contributed by atoms with E-state index in [9.17, 15) is 14.7 Å². The summed E-state index contributed by atoms with van der Waals surface area (Å²) in [5, 5.41) is 12.8. The van der Waals surface area contributed by atoms with E-state index in [1.807, 2.05) is 0 Å². The number of para-hydroxylation sites is 1. The van der Waals surface area contributed by atoms with Gasteiger partial charge in [-0.05, 0) is 26.8 Å². The van der Waals surface area contributed by atoms with Crippen LogP contribution in [0.3, 0.4) is 0 Å². The molecule has 7 heteroatoms. The molecule has 0 spiro atoms. The number of carboxylic acid groups (broad SMARTS) is 1. The van der Waals surface area contributed by atoms with E-state index in [1.165, 1.54) is 14.2 Å². The Morgan fingerprint density at radius 1 is 1.12 bits per heavy atom. The third-order valence-corrected chi connectivity index (χ3v) is 4.23. The molecule has 0 fully saturated rings. The summed E-state index contributed by atoms with van der Waals surface area (Å²) >= 11 is 0. The summed E-state index contributed by atoms with van der Waals surface area (Å²) in [7, 11) is 2.97. The van der Waals surface area contributed by atoms with Gasteiger partial charge in [0.2, 0.25) is 0 Å². The quantitative estimate of drug-likeness (QED) is 0.752. The largest absolute Gasteiger partial charge is 0.493 e. The maximum absolute atomic E-state index is 12.6. The smallest absolute Gasteiger partial charge is 0.336 e. The molecule has 2 N–H and O–H groups in total. The standard InChI is InChI=1S/C19H23NO6/c1-6-26-19(23)15-11(3)20-10(2)14(18(21)22)16(15)12-8-7-9-13(24-4)17(12)25-5/h7-9,16,20H,6H2,1-5H3,(H,21,22). The molecule has 1 unspecified atom stereocenters. The fourth-order valence-corrected chi connectivity index (χ4v) is 3.21. The predicted molar refractivity (Wildman–Crippen MR) is 95.1 cm³/mol. The number of hydrogen-bond donors (Lipinski definition) is 2. The second-order valence-corrected chi connectivity index (χ2v) is 5.74. The lowest BCUT2D eigenvalue weighted by Crippen LogP contribution is -2.32. The molecule has 26 heavy (non-hydrogen) atoms. The van der Waals surface area contributed by atoms with E-state index in [2.05, 4.69) is 5.32 Å². The molecule has 1 aliphatic rings. The first-order valence-electron chi connectivity index (χ1n) is 8.17. The number of methoxy groups -OCH3 is 2. The van der Waals surface area contributed by atoms with Crippen LogP contribution in [-0.4, -0.2) is 37.9 Å². The number of allylic oxidation sites excluding steroid dienone is 2. The van der Waals surface area contributed by atoms with E-state index in [1.54, 1.807) is 39.0 Å². The van der Waals surface area contributed by atoms with Crippen molar-refractivity contribution in [3.05, 3.63) is 46.3 Å². The fourth-order valence-electron chi connectivity index (χ4n) is 3.21. The third-order valence-electron chi connectivity index (χ3n) is 4.23. The van der Waals surface area contributed by atoms with Crippen molar-refractivity contribution >= 4 is 11.9 Å². The zero-order valence-corrected chi connectivity index (χ0v) is 15.5. The molecule has 1 atom stereocenters. The Labute approximate surface area is 152 Å². The minimum atomic E-state index is -1.13. The van der Waals surface area contributed by atoms with Gasteiger partial charge >= 0.3 is 11.9 Å². The van der Waals surface area contributed by atoms with Crippen LogP contribution >= 0.6 is 0 Å². The summed E-state index contributed by atoms with van der Waals surface area (Å²) in [4.78, 5) is 24.6. The average Bonchev–Trinajstić information content (AvgIpc) is 2.59. The Morgan fingerprint density at radius 3 is 2.31 bits per heavy atom. The minimum Gasteiger partial charge on any atom is -0.493 e. The number of esters is 1. The first-order valence-corrected chi connectivity index (χ1v) is 8.17. The maximum Gasteiger partial charge on any atom is 0.336 e. The third kappa shape index (κ3) is 3.37. The number of ether oxygens (including phenoxy) is 3. The van der Waals surface area contributed by atoms with Crippen LogP contribution in [-0.2, 0) is 14.3 Å². The van der Waals surface area contributed by atoms with E-state index in [4.69, 9.17) is 14.2 Å². The maximum atomic E-state index is 12.6. The molecule has 1 aliphatic heterocycles. The molecule has 140 valence electrons. The summed E-state index contributed by atoms with van der Waals surface area (Å²) in [5.41, 5.74) is 1.82. The lowest BCUT2D eigenvalue weighted by Gasteiger charge is -2.30.